The van der Waals surface area contributed by atoms with E-state index in [0.29, 0.717) is 12.1 Å². The van der Waals surface area contributed by atoms with Crippen LogP contribution in [0.3, 0.4) is 0 Å². The molecule has 1 aromatic carbocycles. The largest absolute Gasteiger partial charge is 0.444 e. The van der Waals surface area contributed by atoms with E-state index in [9.17, 15) is 9.18 Å². The Morgan fingerprint density at radius 3 is 2.64 bits per heavy atom. The van der Waals surface area contributed by atoms with E-state index in [1.807, 2.05) is 0 Å². The number of benzene rings is 1. The minimum atomic E-state index is -0.628. The van der Waals surface area contributed by atoms with Gasteiger partial charge in [-0.05, 0) is 45.4 Å². The van der Waals surface area contributed by atoms with Gasteiger partial charge in [-0.2, -0.15) is 9.37 Å². The lowest BCUT2D eigenvalue weighted by molar-refractivity contribution is 0.0636. The van der Waals surface area contributed by atoms with Crippen molar-refractivity contribution >= 4 is 23.4 Å². The maximum absolute atomic E-state index is 14.1. The normalized spacial score (nSPS) is 11.1. The number of amides is 1. The van der Waals surface area contributed by atoms with Crippen LogP contribution in [0.5, 0.6) is 11.6 Å². The van der Waals surface area contributed by atoms with Crippen LogP contribution >= 0.6 is 11.6 Å². The predicted octanol–water partition coefficient (Wildman–Crippen LogP) is 4.97. The van der Waals surface area contributed by atoms with Crippen molar-refractivity contribution in [1.82, 2.24) is 9.97 Å². The molecule has 1 N–H and O–H groups in total. The Balaban J connectivity index is 2.14. The molecule has 25 heavy (non-hydrogen) atoms. The van der Waals surface area contributed by atoms with Gasteiger partial charge in [0.1, 0.15) is 17.7 Å². The van der Waals surface area contributed by atoms with Crippen LogP contribution < -0.4 is 10.1 Å². The first-order chi connectivity index (χ1) is 11.7. The van der Waals surface area contributed by atoms with Crippen LogP contribution in [-0.2, 0) is 11.2 Å². The third-order valence-electron chi connectivity index (χ3n) is 2.95. The second-order valence-corrected chi connectivity index (χ2v) is 6.57. The Labute approximate surface area is 150 Å². The van der Waals surface area contributed by atoms with Crippen molar-refractivity contribution in [3.8, 4) is 11.6 Å². The Morgan fingerprint density at radius 2 is 2.04 bits per heavy atom. The number of hydrogen-bond acceptors (Lipinski definition) is 5. The molecule has 0 saturated heterocycles. The van der Waals surface area contributed by atoms with E-state index in [-0.39, 0.29) is 22.3 Å². The summed E-state index contributed by atoms with van der Waals surface area (Å²) in [4.78, 5) is 19.4. The van der Waals surface area contributed by atoms with Gasteiger partial charge in [0.2, 0.25) is 5.82 Å². The molecule has 6 nitrogen and oxygen atoms in total. The number of aromatic nitrogens is 2. The van der Waals surface area contributed by atoms with E-state index in [1.165, 1.54) is 18.5 Å². The van der Waals surface area contributed by atoms with E-state index >= 15 is 0 Å². The van der Waals surface area contributed by atoms with Gasteiger partial charge in [-0.1, -0.05) is 18.5 Å². The van der Waals surface area contributed by atoms with Crippen LogP contribution in [0.25, 0.3) is 0 Å². The molecule has 0 spiro atoms. The molecular formula is C17H19ClFN3O3. The van der Waals surface area contributed by atoms with Crippen molar-refractivity contribution in [3.05, 3.63) is 41.1 Å². The highest BCUT2D eigenvalue weighted by Gasteiger charge is 2.17. The molecule has 1 aromatic heterocycles. The number of halogens is 2. The van der Waals surface area contributed by atoms with Gasteiger partial charge in [0, 0.05) is 5.69 Å². The minimum absolute atomic E-state index is 0.185. The summed E-state index contributed by atoms with van der Waals surface area (Å²) in [5, 5.41) is 2.74. The quantitative estimate of drug-likeness (QED) is 0.825. The maximum Gasteiger partial charge on any atom is 0.412 e. The molecule has 0 radical (unpaired) electrons. The molecule has 0 aliphatic rings. The van der Waals surface area contributed by atoms with E-state index in [1.54, 1.807) is 33.8 Å². The van der Waals surface area contributed by atoms with Gasteiger partial charge in [-0.3, -0.25) is 5.32 Å². The topological polar surface area (TPSA) is 73.3 Å². The van der Waals surface area contributed by atoms with Gasteiger partial charge < -0.3 is 9.47 Å². The van der Waals surface area contributed by atoms with E-state index in [4.69, 9.17) is 21.1 Å². The van der Waals surface area contributed by atoms with Gasteiger partial charge in [-0.25, -0.2) is 9.78 Å². The molecule has 0 unspecified atom stereocenters. The fraction of sp³-hybridized carbons (Fsp3) is 0.353. The molecule has 2 aromatic rings. The van der Waals surface area contributed by atoms with Gasteiger partial charge in [0.05, 0.1) is 10.7 Å². The molecule has 0 aliphatic heterocycles. The lowest BCUT2D eigenvalue weighted by atomic mass is 10.2. The van der Waals surface area contributed by atoms with Crippen molar-refractivity contribution in [3.63, 3.8) is 0 Å². The monoisotopic (exact) mass is 367 g/mol. The maximum atomic E-state index is 14.1. The second-order valence-electron chi connectivity index (χ2n) is 6.17. The van der Waals surface area contributed by atoms with E-state index < -0.39 is 17.5 Å². The molecule has 0 bridgehead atoms. The fourth-order valence-electron chi connectivity index (χ4n) is 1.89. The van der Waals surface area contributed by atoms with Crippen molar-refractivity contribution in [2.75, 3.05) is 5.32 Å². The summed E-state index contributed by atoms with van der Waals surface area (Å²) >= 11 is 6.14. The molecule has 1 heterocycles. The summed E-state index contributed by atoms with van der Waals surface area (Å²) in [6, 6.07) is 4.54. The molecule has 8 heteroatoms. The third-order valence-corrected chi connectivity index (χ3v) is 3.24. The smallest absolute Gasteiger partial charge is 0.412 e. The van der Waals surface area contributed by atoms with E-state index in [0.717, 1.165) is 0 Å². The molecular weight excluding hydrogens is 349 g/mol. The summed E-state index contributed by atoms with van der Waals surface area (Å²) in [5.74, 6) is -0.630. The Morgan fingerprint density at radius 1 is 1.32 bits per heavy atom. The molecule has 0 saturated carbocycles. The molecule has 0 atom stereocenters. The number of ether oxygens (including phenoxy) is 2. The van der Waals surface area contributed by atoms with Crippen LogP contribution in [-0.4, -0.2) is 21.7 Å². The molecule has 0 aliphatic carbocycles. The third kappa shape index (κ3) is 5.29. The molecule has 0 fully saturated rings. The van der Waals surface area contributed by atoms with Gasteiger partial charge in [0.25, 0.3) is 5.88 Å². The van der Waals surface area contributed by atoms with Gasteiger partial charge in [-0.15, -0.1) is 0 Å². The summed E-state index contributed by atoms with van der Waals surface area (Å²) in [6.07, 6.45) is 1.03. The van der Waals surface area contributed by atoms with Crippen LogP contribution in [0.15, 0.2) is 24.5 Å². The number of hydrogen-bond donors (Lipinski definition) is 1. The van der Waals surface area contributed by atoms with Crippen LogP contribution in [0.1, 0.15) is 33.4 Å². The van der Waals surface area contributed by atoms with Crippen LogP contribution in [0, 0.1) is 5.82 Å². The summed E-state index contributed by atoms with van der Waals surface area (Å²) < 4.78 is 24.7. The number of carbonyl (C=O) groups excluding carboxylic acids is 1. The summed E-state index contributed by atoms with van der Waals surface area (Å²) in [7, 11) is 0. The highest BCUT2D eigenvalue weighted by Crippen LogP contribution is 2.32. The molecule has 2 rings (SSSR count). The average molecular weight is 368 g/mol. The first kappa shape index (κ1) is 18.9. The van der Waals surface area contributed by atoms with Crippen LogP contribution in [0.2, 0.25) is 5.02 Å². The predicted molar refractivity (Wildman–Crippen MR) is 92.8 cm³/mol. The Bertz CT molecular complexity index is 778. The van der Waals surface area contributed by atoms with Crippen molar-refractivity contribution in [1.29, 1.82) is 0 Å². The highest BCUT2D eigenvalue weighted by atomic mass is 35.5. The minimum Gasteiger partial charge on any atom is -0.444 e. The highest BCUT2D eigenvalue weighted by molar-refractivity contribution is 6.32. The lowest BCUT2D eigenvalue weighted by Crippen LogP contribution is -2.27. The summed E-state index contributed by atoms with van der Waals surface area (Å²) in [5.41, 5.74) is 0.0617. The fourth-order valence-corrected chi connectivity index (χ4v) is 2.11. The zero-order valence-electron chi connectivity index (χ0n) is 14.4. The number of aryl methyl sites for hydroxylation is 1. The summed E-state index contributed by atoms with van der Waals surface area (Å²) in [6.45, 7) is 7.06. The lowest BCUT2D eigenvalue weighted by Gasteiger charge is -2.19. The number of rotatable bonds is 4. The van der Waals surface area contributed by atoms with Crippen molar-refractivity contribution < 1.29 is 18.7 Å². The standard InChI is InChI=1S/C17H19ClFN3O3/c1-5-12-14(19)15(21-9-20-12)24-13-7-6-10(8-11(13)18)22-16(23)25-17(2,3)4/h6-9H,5H2,1-4H3,(H,22,23). The second kappa shape index (κ2) is 7.65. The van der Waals surface area contributed by atoms with E-state index in [2.05, 4.69) is 15.3 Å². The number of nitrogens with zero attached hydrogens (tertiary/aromatic N) is 2. The zero-order chi connectivity index (χ0) is 18.6. The zero-order valence-corrected chi connectivity index (χ0v) is 15.1. The van der Waals surface area contributed by atoms with Crippen molar-refractivity contribution in [2.45, 2.75) is 39.7 Å². The molecule has 134 valence electrons. The number of nitrogens with one attached hydrogen (secondary N) is 1. The Hall–Kier alpha value is -2.41. The van der Waals surface area contributed by atoms with Gasteiger partial charge in [0.15, 0.2) is 0 Å². The van der Waals surface area contributed by atoms with Crippen molar-refractivity contribution in [2.24, 2.45) is 0 Å². The first-order valence-electron chi connectivity index (χ1n) is 7.66. The number of carbonyl (C=O) groups is 1. The van der Waals surface area contributed by atoms with Crippen LogP contribution in [0.4, 0.5) is 14.9 Å². The Kier molecular flexibility index (Phi) is 5.79. The first-order valence-corrected chi connectivity index (χ1v) is 8.04. The average Bonchev–Trinajstić information content (AvgIpc) is 2.50. The SMILES string of the molecule is CCc1ncnc(Oc2ccc(NC(=O)OC(C)(C)C)cc2Cl)c1F. The van der Waals surface area contributed by atoms with Gasteiger partial charge >= 0.3 is 6.09 Å². The number of anilines is 1. The molecule has 1 amide bonds.